The molecule has 0 saturated carbocycles. The van der Waals surface area contributed by atoms with Crippen LogP contribution in [-0.2, 0) is 21.5 Å². The summed E-state index contributed by atoms with van der Waals surface area (Å²) in [4.78, 5) is 38.9. The van der Waals surface area contributed by atoms with Crippen LogP contribution in [0, 0.1) is 0 Å². The molecule has 0 bridgehead atoms. The maximum Gasteiger partial charge on any atom is 0.325 e. The second-order valence-corrected chi connectivity index (χ2v) is 7.90. The van der Waals surface area contributed by atoms with Crippen molar-refractivity contribution in [3.05, 3.63) is 62.6 Å². The van der Waals surface area contributed by atoms with Crippen LogP contribution in [-0.4, -0.2) is 29.3 Å². The molecule has 1 atom stereocenters. The molecule has 2 aromatic carbocycles. The van der Waals surface area contributed by atoms with Crippen molar-refractivity contribution < 1.29 is 14.4 Å². The number of halogens is 3. The number of hydrogen-bond donors (Lipinski definition) is 2. The first kappa shape index (κ1) is 19.1. The predicted octanol–water partition coefficient (Wildman–Crippen LogP) is 3.98. The number of amides is 4. The van der Waals surface area contributed by atoms with Crippen LogP contribution in [0.25, 0.3) is 0 Å². The van der Waals surface area contributed by atoms with Gasteiger partial charge in [-0.2, -0.15) is 0 Å². The number of rotatable bonds is 3. The van der Waals surface area contributed by atoms with E-state index in [2.05, 4.69) is 10.6 Å². The first-order chi connectivity index (χ1) is 13.3. The maximum absolute atomic E-state index is 13.1. The fourth-order valence-corrected chi connectivity index (χ4v) is 4.28. The summed E-state index contributed by atoms with van der Waals surface area (Å²) in [5.74, 6) is -1.01. The fourth-order valence-electron chi connectivity index (χ4n) is 3.68. The molecule has 1 saturated heterocycles. The highest BCUT2D eigenvalue weighted by molar-refractivity contribution is 6.44. The van der Waals surface area contributed by atoms with Gasteiger partial charge in [0.15, 0.2) is 0 Å². The monoisotopic (exact) mass is 437 g/mol. The molecule has 1 heterocycles. The molecular formula is C19H14Cl3N3O3. The zero-order valence-electron chi connectivity index (χ0n) is 14.4. The average Bonchev–Trinajstić information content (AvgIpc) is 3.13. The van der Waals surface area contributed by atoms with Crippen molar-refractivity contribution in [2.45, 2.75) is 18.4 Å². The third-order valence-electron chi connectivity index (χ3n) is 5.01. The Hall–Kier alpha value is -2.28. The van der Waals surface area contributed by atoms with Gasteiger partial charge in [-0.3, -0.25) is 14.5 Å². The number of hydrogen-bond acceptors (Lipinski definition) is 3. The van der Waals surface area contributed by atoms with Gasteiger partial charge >= 0.3 is 6.03 Å². The molecule has 2 aliphatic rings. The number of urea groups is 1. The molecular weight excluding hydrogens is 425 g/mol. The summed E-state index contributed by atoms with van der Waals surface area (Å²) >= 11 is 17.9. The van der Waals surface area contributed by atoms with Crippen LogP contribution in [0.15, 0.2) is 36.4 Å². The molecule has 1 aliphatic heterocycles. The largest absolute Gasteiger partial charge is 0.325 e. The van der Waals surface area contributed by atoms with E-state index in [-0.39, 0.29) is 20.8 Å². The van der Waals surface area contributed by atoms with Crippen LogP contribution < -0.4 is 10.6 Å². The third-order valence-corrected chi connectivity index (χ3v) is 6.04. The normalized spacial score (nSPS) is 20.5. The van der Waals surface area contributed by atoms with Gasteiger partial charge in [0.25, 0.3) is 5.91 Å². The van der Waals surface area contributed by atoms with E-state index in [0.29, 0.717) is 12.8 Å². The molecule has 0 radical (unpaired) electrons. The second-order valence-electron chi connectivity index (χ2n) is 6.68. The molecule has 2 N–H and O–H groups in total. The molecule has 28 heavy (non-hydrogen) atoms. The van der Waals surface area contributed by atoms with Crippen molar-refractivity contribution in [1.82, 2.24) is 10.2 Å². The number of carbonyl (C=O) groups is 3. The Morgan fingerprint density at radius 3 is 2.61 bits per heavy atom. The number of anilines is 1. The Kier molecular flexibility index (Phi) is 4.73. The summed E-state index contributed by atoms with van der Waals surface area (Å²) in [5.41, 5.74) is 0.942. The second kappa shape index (κ2) is 6.95. The van der Waals surface area contributed by atoms with Gasteiger partial charge in [0, 0.05) is 0 Å². The topological polar surface area (TPSA) is 78.5 Å². The van der Waals surface area contributed by atoms with Gasteiger partial charge in [0.05, 0.1) is 20.8 Å². The minimum absolute atomic E-state index is 0.196. The summed E-state index contributed by atoms with van der Waals surface area (Å²) in [7, 11) is 0. The summed E-state index contributed by atoms with van der Waals surface area (Å²) in [6, 6.07) is 9.70. The molecule has 144 valence electrons. The minimum atomic E-state index is -1.10. The molecule has 4 rings (SSSR count). The van der Waals surface area contributed by atoms with E-state index in [1.54, 1.807) is 0 Å². The van der Waals surface area contributed by atoms with Crippen LogP contribution in [0.1, 0.15) is 17.5 Å². The molecule has 1 unspecified atom stereocenters. The van der Waals surface area contributed by atoms with Gasteiger partial charge < -0.3 is 10.6 Å². The summed E-state index contributed by atoms with van der Waals surface area (Å²) in [6.45, 7) is -0.439. The Morgan fingerprint density at radius 2 is 1.82 bits per heavy atom. The molecule has 6 nitrogen and oxygen atoms in total. The van der Waals surface area contributed by atoms with Crippen LogP contribution >= 0.6 is 34.8 Å². The zero-order chi connectivity index (χ0) is 20.1. The lowest BCUT2D eigenvalue weighted by molar-refractivity contribution is -0.134. The minimum Gasteiger partial charge on any atom is -0.323 e. The van der Waals surface area contributed by atoms with Gasteiger partial charge in [-0.05, 0) is 36.1 Å². The highest BCUT2D eigenvalue weighted by atomic mass is 35.5. The zero-order valence-corrected chi connectivity index (χ0v) is 16.7. The molecule has 1 fully saturated rings. The number of nitrogens with one attached hydrogen (secondary N) is 2. The van der Waals surface area contributed by atoms with E-state index < -0.39 is 29.9 Å². The molecule has 9 heteroatoms. The van der Waals surface area contributed by atoms with Crippen molar-refractivity contribution in [1.29, 1.82) is 0 Å². The SMILES string of the molecule is O=C(CN1C(=O)NC2(CCc3ccccc32)C1=O)Nc1cc(Cl)c(Cl)cc1Cl. The average molecular weight is 439 g/mol. The van der Waals surface area contributed by atoms with Gasteiger partial charge in [-0.15, -0.1) is 0 Å². The van der Waals surface area contributed by atoms with E-state index in [1.165, 1.54) is 12.1 Å². The molecule has 0 aromatic heterocycles. The number of imide groups is 1. The molecule has 2 aromatic rings. The van der Waals surface area contributed by atoms with Crippen molar-refractivity contribution in [3.8, 4) is 0 Å². The Labute approximate surface area is 175 Å². The first-order valence-electron chi connectivity index (χ1n) is 8.49. The summed E-state index contributed by atoms with van der Waals surface area (Å²) < 4.78 is 0. The van der Waals surface area contributed by atoms with Gasteiger partial charge in [0.1, 0.15) is 12.1 Å². The van der Waals surface area contributed by atoms with E-state index in [1.807, 2.05) is 24.3 Å². The van der Waals surface area contributed by atoms with Crippen molar-refractivity contribution >= 4 is 58.3 Å². The number of carbonyl (C=O) groups excluding carboxylic acids is 3. The first-order valence-corrected chi connectivity index (χ1v) is 9.62. The quantitative estimate of drug-likeness (QED) is 0.562. The third kappa shape index (κ3) is 3.02. The van der Waals surface area contributed by atoms with Gasteiger partial charge in [-0.1, -0.05) is 59.1 Å². The molecule has 4 amide bonds. The maximum atomic E-state index is 13.1. The lowest BCUT2D eigenvalue weighted by Crippen LogP contribution is -2.43. The summed E-state index contributed by atoms with van der Waals surface area (Å²) in [5, 5.41) is 6.00. The van der Waals surface area contributed by atoms with Crippen molar-refractivity contribution in [3.63, 3.8) is 0 Å². The standard InChI is InChI=1S/C19H14Cl3N3O3/c20-12-7-14(22)15(8-13(12)21)23-16(26)9-25-17(27)19(24-18(25)28)6-5-10-3-1-2-4-11(10)19/h1-4,7-8H,5-6,9H2,(H,23,26)(H,24,28). The van der Waals surface area contributed by atoms with E-state index >= 15 is 0 Å². The molecule has 1 spiro atoms. The number of nitrogens with zero attached hydrogens (tertiary/aromatic N) is 1. The highest BCUT2D eigenvalue weighted by Gasteiger charge is 2.55. The molecule has 1 aliphatic carbocycles. The van der Waals surface area contributed by atoms with Crippen molar-refractivity contribution in [2.24, 2.45) is 0 Å². The number of aryl methyl sites for hydroxylation is 1. The Morgan fingerprint density at radius 1 is 1.11 bits per heavy atom. The van der Waals surface area contributed by atoms with Crippen LogP contribution in [0.5, 0.6) is 0 Å². The number of benzene rings is 2. The van der Waals surface area contributed by atoms with Crippen LogP contribution in [0.2, 0.25) is 15.1 Å². The van der Waals surface area contributed by atoms with Crippen LogP contribution in [0.3, 0.4) is 0 Å². The van der Waals surface area contributed by atoms with Crippen molar-refractivity contribution in [2.75, 3.05) is 11.9 Å². The van der Waals surface area contributed by atoms with E-state index in [4.69, 9.17) is 34.8 Å². The number of fused-ring (bicyclic) bond motifs is 2. The predicted molar refractivity (Wildman–Crippen MR) is 107 cm³/mol. The summed E-state index contributed by atoms with van der Waals surface area (Å²) in [6.07, 6.45) is 1.15. The fraction of sp³-hybridized carbons (Fsp3) is 0.211. The van der Waals surface area contributed by atoms with Gasteiger partial charge in [-0.25, -0.2) is 4.79 Å². The van der Waals surface area contributed by atoms with Crippen LogP contribution in [0.4, 0.5) is 10.5 Å². The smallest absolute Gasteiger partial charge is 0.323 e. The lowest BCUT2D eigenvalue weighted by Gasteiger charge is -2.22. The van der Waals surface area contributed by atoms with Gasteiger partial charge in [0.2, 0.25) is 5.91 Å². The lowest BCUT2D eigenvalue weighted by atomic mass is 9.92. The van der Waals surface area contributed by atoms with E-state index in [0.717, 1.165) is 16.0 Å². The Bertz CT molecular complexity index is 1030. The highest BCUT2D eigenvalue weighted by Crippen LogP contribution is 2.41. The van der Waals surface area contributed by atoms with E-state index in [9.17, 15) is 14.4 Å². The Balaban J connectivity index is 1.53.